The molecule has 0 amide bonds. The minimum absolute atomic E-state index is 0.0434. The highest BCUT2D eigenvalue weighted by atomic mass is 16.8. The number of hydrogen-bond acceptors (Lipinski definition) is 22. The molecule has 5 aliphatic heterocycles. The molecule has 1 spiro atoms. The summed E-state index contributed by atoms with van der Waals surface area (Å²) in [4.78, 5) is 14.7. The van der Waals surface area contributed by atoms with E-state index in [0.29, 0.717) is 25.2 Å². The summed E-state index contributed by atoms with van der Waals surface area (Å²) in [5, 5.41) is 130. The van der Waals surface area contributed by atoms with Gasteiger partial charge in [-0.2, -0.15) is 0 Å². The minimum atomic E-state index is -1.89. The van der Waals surface area contributed by atoms with Crippen LogP contribution in [0.1, 0.15) is 113 Å². The van der Waals surface area contributed by atoms with Crippen LogP contribution in [0.15, 0.2) is 0 Å². The van der Waals surface area contributed by atoms with Crippen LogP contribution >= 0.6 is 0 Å². The number of aliphatic hydroxyl groups excluding tert-OH is 12. The maximum atomic E-state index is 14.7. The molecule has 0 aromatic rings. The van der Waals surface area contributed by atoms with Gasteiger partial charge in [-0.25, -0.2) is 0 Å². The summed E-state index contributed by atoms with van der Waals surface area (Å²) in [6.45, 7) is 13.6. The van der Waals surface area contributed by atoms with Crippen LogP contribution in [-0.4, -0.2) is 229 Å². The van der Waals surface area contributed by atoms with Crippen LogP contribution in [0.25, 0.3) is 0 Å². The number of ketones is 1. The Morgan fingerprint density at radius 2 is 1.17 bits per heavy atom. The number of Topliss-reactive ketones (excluding diaryl/α,β-unsaturated/α-hetero) is 1. The first-order chi connectivity index (χ1) is 35.2. The quantitative estimate of drug-likeness (QED) is 0.105. The monoisotopic (exact) mass is 1070 g/mol. The molecular weight excluding hydrogens is 989 g/mol. The van der Waals surface area contributed by atoms with Crippen LogP contribution in [0, 0.1) is 50.2 Å². The van der Waals surface area contributed by atoms with Crippen molar-refractivity contribution in [3.63, 3.8) is 0 Å². The third-order valence-electron chi connectivity index (χ3n) is 22.2. The summed E-state index contributed by atoms with van der Waals surface area (Å²) in [5.41, 5.74) is -2.66. The highest BCUT2D eigenvalue weighted by Crippen LogP contribution is 2.80. The van der Waals surface area contributed by atoms with E-state index < -0.39 is 164 Å². The third-order valence-corrected chi connectivity index (χ3v) is 22.2. The van der Waals surface area contributed by atoms with Crippen LogP contribution in [0.5, 0.6) is 0 Å². The van der Waals surface area contributed by atoms with Crippen LogP contribution in [0.4, 0.5) is 0 Å². The summed E-state index contributed by atoms with van der Waals surface area (Å²) in [6.07, 6.45) is -24.1. The lowest BCUT2D eigenvalue weighted by molar-refractivity contribution is -0.394. The Kier molecular flexibility index (Phi) is 15.3. The average molecular weight is 1080 g/mol. The van der Waals surface area contributed by atoms with Crippen LogP contribution in [0.3, 0.4) is 0 Å². The summed E-state index contributed by atoms with van der Waals surface area (Å²) in [6, 6.07) is 0. The van der Waals surface area contributed by atoms with E-state index >= 15 is 0 Å². The number of hydrogen-bond donors (Lipinski definition) is 12. The number of aliphatic hydroxyl groups is 12. The van der Waals surface area contributed by atoms with Crippen LogP contribution < -0.4 is 0 Å². The second kappa shape index (κ2) is 20.1. The molecule has 10 fully saturated rings. The van der Waals surface area contributed by atoms with Crippen LogP contribution in [0.2, 0.25) is 0 Å². The smallest absolute Gasteiger partial charge is 0.187 e. The van der Waals surface area contributed by atoms with Gasteiger partial charge in [-0.15, -0.1) is 0 Å². The van der Waals surface area contributed by atoms with Crippen LogP contribution in [-0.2, 0) is 47.4 Å². The van der Waals surface area contributed by atoms with E-state index in [1.54, 1.807) is 0 Å². The van der Waals surface area contributed by atoms with Gasteiger partial charge in [0.15, 0.2) is 25.2 Å². The molecule has 0 aromatic heterocycles. The van der Waals surface area contributed by atoms with E-state index in [4.69, 9.17) is 42.6 Å². The Morgan fingerprint density at radius 1 is 0.573 bits per heavy atom. The first-order valence-corrected chi connectivity index (χ1v) is 27.5. The summed E-state index contributed by atoms with van der Waals surface area (Å²) >= 11 is 0. The second-order valence-electron chi connectivity index (χ2n) is 26.2. The lowest BCUT2D eigenvalue weighted by Gasteiger charge is -2.74. The van der Waals surface area contributed by atoms with Gasteiger partial charge in [-0.05, 0) is 98.2 Å². The molecule has 75 heavy (non-hydrogen) atoms. The van der Waals surface area contributed by atoms with Crippen molar-refractivity contribution >= 4 is 5.78 Å². The minimum Gasteiger partial charge on any atom is -0.396 e. The fraction of sp³-hybridized carbons (Fsp3) is 0.981. The van der Waals surface area contributed by atoms with Gasteiger partial charge in [-0.1, -0.05) is 41.5 Å². The summed E-state index contributed by atoms with van der Waals surface area (Å²) < 4.78 is 56.2. The highest BCUT2D eigenvalue weighted by molar-refractivity contribution is 5.88. The van der Waals surface area contributed by atoms with E-state index in [1.807, 2.05) is 0 Å². The second-order valence-corrected chi connectivity index (χ2v) is 26.2. The zero-order valence-corrected chi connectivity index (χ0v) is 44.3. The Hall–Kier alpha value is -1.17. The van der Waals surface area contributed by atoms with Gasteiger partial charge in [-0.3, -0.25) is 4.79 Å². The maximum Gasteiger partial charge on any atom is 0.187 e. The lowest BCUT2D eigenvalue weighted by Crippen LogP contribution is -2.73. The van der Waals surface area contributed by atoms with Gasteiger partial charge in [0.05, 0.1) is 49.7 Å². The van der Waals surface area contributed by atoms with Gasteiger partial charge >= 0.3 is 0 Å². The predicted molar refractivity (Wildman–Crippen MR) is 255 cm³/mol. The molecule has 22 heteroatoms. The number of carbonyl (C=O) groups excluding carboxylic acids is 1. The molecule has 5 heterocycles. The van der Waals surface area contributed by atoms with Gasteiger partial charge in [0, 0.05) is 24.4 Å². The van der Waals surface area contributed by atoms with Gasteiger partial charge in [0.2, 0.25) is 0 Å². The zero-order chi connectivity index (χ0) is 54.3. The Labute approximate surface area is 437 Å². The van der Waals surface area contributed by atoms with Crippen molar-refractivity contribution < 1.29 is 109 Å². The first kappa shape index (κ1) is 57.1. The number of ether oxygens (including phenoxy) is 9. The van der Waals surface area contributed by atoms with E-state index in [-0.39, 0.29) is 40.6 Å². The van der Waals surface area contributed by atoms with E-state index in [0.717, 1.165) is 51.4 Å². The maximum absolute atomic E-state index is 14.7. The molecule has 29 unspecified atom stereocenters. The van der Waals surface area contributed by atoms with E-state index in [2.05, 4.69) is 41.5 Å². The molecule has 2 bridgehead atoms. The van der Waals surface area contributed by atoms with Gasteiger partial charge in [0.25, 0.3) is 0 Å². The molecule has 10 rings (SSSR count). The normalized spacial score (nSPS) is 57.6. The predicted octanol–water partition coefficient (Wildman–Crippen LogP) is -1.50. The fourth-order valence-electron chi connectivity index (χ4n) is 17.4. The molecule has 29 atom stereocenters. The molecule has 0 aromatic carbocycles. The topological polar surface area (TPSA) is 343 Å². The molecule has 0 radical (unpaired) electrons. The SMILES string of the molecule is CC1OC(OC2C(OC3COC(OC4CCC5(C)C(CCC6(C)C5CCC57OCC8(CCC(C)(CO)CC85)C(=O)CC67C)C4(C)C)C(OC4OC(CO)C(O)C(O)C4O)C3O)OC(CO)C(O)C2O)C(O)C(O)C1O. The standard InChI is InChI=1S/C53H86O22/c1-23-32(58)36(62)39(65)43(69-23)75-42-38(64)34(60)25(19-55)71-46(42)72-26-20-67-45(41(35(26)61)74-44-40(66)37(63)33(59)24(18-54)70-44)73-31-10-11-49(5)27(47(31,2)3)8-12-50(6)28(49)9-13-53-29-16-48(4,21-56)14-15-52(29,22-68-53)30(57)17-51(50,53)7/h23-29,31-46,54-56,58-66H,8-22H2,1-7H3. The fourth-order valence-corrected chi connectivity index (χ4v) is 17.4. The van der Waals surface area contributed by atoms with Crippen molar-refractivity contribution in [2.75, 3.05) is 33.0 Å². The molecule has 5 saturated heterocycles. The molecular formula is C53H86O22. The highest BCUT2D eigenvalue weighted by Gasteiger charge is 2.80. The Morgan fingerprint density at radius 3 is 1.83 bits per heavy atom. The van der Waals surface area contributed by atoms with Crippen molar-refractivity contribution in [2.45, 2.75) is 241 Å². The third kappa shape index (κ3) is 8.54. The summed E-state index contributed by atoms with van der Waals surface area (Å²) in [7, 11) is 0. The van der Waals surface area contributed by atoms with Gasteiger partial charge in [0.1, 0.15) is 91.2 Å². The molecule has 22 nitrogen and oxygen atoms in total. The van der Waals surface area contributed by atoms with Crippen molar-refractivity contribution in [3.05, 3.63) is 0 Å². The average Bonchev–Trinajstić information content (AvgIpc) is 3.66. The largest absolute Gasteiger partial charge is 0.396 e. The van der Waals surface area contributed by atoms with Gasteiger partial charge < -0.3 is 104 Å². The van der Waals surface area contributed by atoms with Crippen molar-refractivity contribution in [1.82, 2.24) is 0 Å². The van der Waals surface area contributed by atoms with Crippen molar-refractivity contribution in [1.29, 1.82) is 0 Å². The molecule has 10 aliphatic rings. The number of carbonyl (C=O) groups is 1. The lowest BCUT2D eigenvalue weighted by atomic mass is 9.30. The molecule has 430 valence electrons. The van der Waals surface area contributed by atoms with Crippen molar-refractivity contribution in [3.8, 4) is 0 Å². The van der Waals surface area contributed by atoms with E-state index in [9.17, 15) is 66.1 Å². The first-order valence-electron chi connectivity index (χ1n) is 27.5. The molecule has 12 N–H and O–H groups in total. The number of rotatable bonds is 11. The summed E-state index contributed by atoms with van der Waals surface area (Å²) in [5.74, 6) is 0.706. The molecule has 5 saturated carbocycles. The number of fused-ring (bicyclic) bond motifs is 4. The Balaban J connectivity index is 0.902. The zero-order valence-electron chi connectivity index (χ0n) is 44.3. The van der Waals surface area contributed by atoms with E-state index in [1.165, 1.54) is 6.92 Å². The Bertz CT molecular complexity index is 2070. The van der Waals surface area contributed by atoms with Crippen molar-refractivity contribution in [2.24, 2.45) is 50.2 Å². The molecule has 5 aliphatic carbocycles.